The maximum atomic E-state index is 11.4. The first kappa shape index (κ1) is 12.3. The highest BCUT2D eigenvalue weighted by atomic mass is 16.3. The van der Waals surface area contributed by atoms with Crippen molar-refractivity contribution >= 4 is 11.5 Å². The van der Waals surface area contributed by atoms with E-state index in [2.05, 4.69) is 10.3 Å². The van der Waals surface area contributed by atoms with Gasteiger partial charge in [-0.3, -0.25) is 14.3 Å². The molecule has 16 heavy (non-hydrogen) atoms. The minimum atomic E-state index is -0.552. The van der Waals surface area contributed by atoms with Gasteiger partial charge in [-0.1, -0.05) is 0 Å². The predicted molar refractivity (Wildman–Crippen MR) is 61.5 cm³/mol. The molecule has 0 amide bonds. The Morgan fingerprint density at radius 1 is 1.56 bits per heavy atom. The van der Waals surface area contributed by atoms with Gasteiger partial charge in [0.25, 0.3) is 5.56 Å². The number of anilines is 2. The molecule has 5 N–H and O–H groups in total. The molecule has 7 heteroatoms. The third kappa shape index (κ3) is 2.63. The lowest BCUT2D eigenvalue weighted by atomic mass is 10.3. The zero-order chi connectivity index (χ0) is 12.3. The number of aromatic nitrogens is 2. The third-order valence-corrected chi connectivity index (χ3v) is 2.23. The lowest BCUT2D eigenvalue weighted by Crippen LogP contribution is -2.32. The van der Waals surface area contributed by atoms with Gasteiger partial charge in [0.15, 0.2) is 0 Å². The van der Waals surface area contributed by atoms with Crippen molar-refractivity contribution in [2.24, 2.45) is 7.05 Å². The fourth-order valence-corrected chi connectivity index (χ4v) is 1.21. The van der Waals surface area contributed by atoms with Gasteiger partial charge in [0.05, 0.1) is 6.10 Å². The number of hydrogen-bond donors (Lipinski definition) is 4. The van der Waals surface area contributed by atoms with E-state index in [9.17, 15) is 9.59 Å². The van der Waals surface area contributed by atoms with Crippen LogP contribution in [0, 0.1) is 0 Å². The van der Waals surface area contributed by atoms with Gasteiger partial charge in [0, 0.05) is 13.6 Å². The average Bonchev–Trinajstić information content (AvgIpc) is 2.19. The first-order chi connectivity index (χ1) is 7.43. The fraction of sp³-hybridized carbons (Fsp3) is 0.556. The van der Waals surface area contributed by atoms with Gasteiger partial charge in [-0.05, 0) is 13.3 Å². The summed E-state index contributed by atoms with van der Waals surface area (Å²) in [7, 11) is 1.47. The summed E-state index contributed by atoms with van der Waals surface area (Å²) in [5.41, 5.74) is 4.67. The van der Waals surface area contributed by atoms with Gasteiger partial charge >= 0.3 is 5.69 Å². The summed E-state index contributed by atoms with van der Waals surface area (Å²) in [6.07, 6.45) is 0.0298. The van der Waals surface area contributed by atoms with Crippen LogP contribution in [0.4, 0.5) is 11.5 Å². The van der Waals surface area contributed by atoms with Crippen LogP contribution in [0.5, 0.6) is 0 Å². The summed E-state index contributed by atoms with van der Waals surface area (Å²) >= 11 is 0. The standard InChI is InChI=1S/C9H16N4O3/c1-5(14)3-4-11-6-7(10)13(2)9(16)12-8(6)15/h5,11,14H,3-4,10H2,1-2H3,(H,12,15,16). The Morgan fingerprint density at radius 3 is 2.75 bits per heavy atom. The Hall–Kier alpha value is -1.76. The Balaban J connectivity index is 2.93. The number of H-pyrrole nitrogens is 1. The second kappa shape index (κ2) is 4.84. The van der Waals surface area contributed by atoms with Crippen molar-refractivity contribution in [3.05, 3.63) is 20.8 Å². The average molecular weight is 228 g/mol. The van der Waals surface area contributed by atoms with E-state index in [0.717, 1.165) is 4.57 Å². The molecule has 0 saturated carbocycles. The van der Waals surface area contributed by atoms with Crippen LogP contribution in [0.2, 0.25) is 0 Å². The molecule has 0 aromatic carbocycles. The SMILES string of the molecule is CC(O)CCNc1c(N)n(C)c(=O)[nH]c1=O. The zero-order valence-corrected chi connectivity index (χ0v) is 9.28. The second-order valence-corrected chi connectivity index (χ2v) is 3.64. The molecule has 1 aromatic heterocycles. The molecule has 7 nitrogen and oxygen atoms in total. The number of rotatable bonds is 4. The Labute approximate surface area is 91.9 Å². The predicted octanol–water partition coefficient (Wildman–Crippen LogP) is -1.16. The highest BCUT2D eigenvalue weighted by Crippen LogP contribution is 2.08. The minimum absolute atomic E-state index is 0.0827. The van der Waals surface area contributed by atoms with Crippen molar-refractivity contribution in [3.8, 4) is 0 Å². The van der Waals surface area contributed by atoms with E-state index in [1.807, 2.05) is 0 Å². The van der Waals surface area contributed by atoms with Gasteiger partial charge in [0.1, 0.15) is 11.5 Å². The Morgan fingerprint density at radius 2 is 2.19 bits per heavy atom. The number of aliphatic hydroxyl groups is 1. The fourth-order valence-electron chi connectivity index (χ4n) is 1.21. The van der Waals surface area contributed by atoms with E-state index in [1.54, 1.807) is 6.92 Å². The van der Waals surface area contributed by atoms with Crippen molar-refractivity contribution < 1.29 is 5.11 Å². The summed E-state index contributed by atoms with van der Waals surface area (Å²) in [5.74, 6) is 0.0827. The Kier molecular flexibility index (Phi) is 3.73. The minimum Gasteiger partial charge on any atom is -0.393 e. The van der Waals surface area contributed by atoms with E-state index >= 15 is 0 Å². The van der Waals surface area contributed by atoms with Crippen molar-refractivity contribution in [2.75, 3.05) is 17.6 Å². The highest BCUT2D eigenvalue weighted by Gasteiger charge is 2.09. The first-order valence-corrected chi connectivity index (χ1v) is 4.94. The summed E-state index contributed by atoms with van der Waals surface area (Å²) in [6.45, 7) is 2.05. The van der Waals surface area contributed by atoms with Gasteiger partial charge in [0.2, 0.25) is 0 Å². The largest absolute Gasteiger partial charge is 0.393 e. The number of aliphatic hydroxyl groups excluding tert-OH is 1. The van der Waals surface area contributed by atoms with Crippen molar-refractivity contribution in [2.45, 2.75) is 19.4 Å². The molecule has 0 saturated heterocycles. The molecule has 1 heterocycles. The van der Waals surface area contributed by atoms with Crippen molar-refractivity contribution in [3.63, 3.8) is 0 Å². The number of hydrogen-bond acceptors (Lipinski definition) is 5. The lowest BCUT2D eigenvalue weighted by molar-refractivity contribution is 0.188. The summed E-state index contributed by atoms with van der Waals surface area (Å²) in [5, 5.41) is 11.8. The maximum absolute atomic E-state index is 11.4. The molecule has 1 aromatic rings. The molecule has 0 aliphatic heterocycles. The molecule has 0 aliphatic carbocycles. The quantitative estimate of drug-likeness (QED) is 0.519. The van der Waals surface area contributed by atoms with Crippen LogP contribution in [0.25, 0.3) is 0 Å². The molecular formula is C9H16N4O3. The van der Waals surface area contributed by atoms with Gasteiger partial charge in [-0.15, -0.1) is 0 Å². The monoisotopic (exact) mass is 228 g/mol. The van der Waals surface area contributed by atoms with E-state index < -0.39 is 17.4 Å². The van der Waals surface area contributed by atoms with Crippen LogP contribution in [0.1, 0.15) is 13.3 Å². The smallest absolute Gasteiger partial charge is 0.329 e. The second-order valence-electron chi connectivity index (χ2n) is 3.64. The summed E-state index contributed by atoms with van der Waals surface area (Å²) < 4.78 is 1.14. The summed E-state index contributed by atoms with van der Waals surface area (Å²) in [4.78, 5) is 24.7. The Bertz CT molecular complexity index is 475. The molecule has 1 atom stereocenters. The molecule has 0 bridgehead atoms. The number of nitrogens with zero attached hydrogens (tertiary/aromatic N) is 1. The van der Waals surface area contributed by atoms with Gasteiger partial charge < -0.3 is 16.2 Å². The lowest BCUT2D eigenvalue weighted by Gasteiger charge is -2.11. The van der Waals surface area contributed by atoms with Crippen LogP contribution in [-0.2, 0) is 7.05 Å². The van der Waals surface area contributed by atoms with Gasteiger partial charge in [-0.25, -0.2) is 4.79 Å². The molecule has 0 radical (unpaired) electrons. The topological polar surface area (TPSA) is 113 Å². The van der Waals surface area contributed by atoms with Crippen LogP contribution in [0.3, 0.4) is 0 Å². The first-order valence-electron chi connectivity index (χ1n) is 4.94. The number of nitrogens with two attached hydrogens (primary N) is 1. The van der Waals surface area contributed by atoms with E-state index in [4.69, 9.17) is 10.8 Å². The van der Waals surface area contributed by atoms with Crippen molar-refractivity contribution in [1.82, 2.24) is 9.55 Å². The number of aromatic amines is 1. The maximum Gasteiger partial charge on any atom is 0.329 e. The highest BCUT2D eigenvalue weighted by molar-refractivity contribution is 5.60. The van der Waals surface area contributed by atoms with Gasteiger partial charge in [-0.2, -0.15) is 0 Å². The molecule has 0 fully saturated rings. The normalized spacial score (nSPS) is 12.4. The zero-order valence-electron chi connectivity index (χ0n) is 9.28. The molecule has 1 rings (SSSR count). The van der Waals surface area contributed by atoms with Crippen LogP contribution < -0.4 is 22.3 Å². The van der Waals surface area contributed by atoms with E-state index in [1.165, 1.54) is 7.05 Å². The molecule has 1 unspecified atom stereocenters. The summed E-state index contributed by atoms with van der Waals surface area (Å²) in [6, 6.07) is 0. The third-order valence-electron chi connectivity index (χ3n) is 2.23. The molecular weight excluding hydrogens is 212 g/mol. The molecule has 0 spiro atoms. The van der Waals surface area contributed by atoms with Crippen LogP contribution in [-0.4, -0.2) is 27.3 Å². The number of nitrogens with one attached hydrogen (secondary N) is 2. The van der Waals surface area contributed by atoms with Crippen molar-refractivity contribution in [1.29, 1.82) is 0 Å². The van der Waals surface area contributed by atoms with Crippen LogP contribution >= 0.6 is 0 Å². The molecule has 90 valence electrons. The van der Waals surface area contributed by atoms with E-state index in [-0.39, 0.29) is 11.5 Å². The molecule has 0 aliphatic rings. The van der Waals surface area contributed by atoms with Crippen LogP contribution in [0.15, 0.2) is 9.59 Å². The number of nitrogen functional groups attached to an aromatic ring is 1. The van der Waals surface area contributed by atoms with E-state index in [0.29, 0.717) is 13.0 Å².